The molecule has 15 heavy (non-hydrogen) atoms. The van der Waals surface area contributed by atoms with Crippen molar-refractivity contribution in [1.82, 2.24) is 4.98 Å². The molecule has 3 rings (SSSR count). The summed E-state index contributed by atoms with van der Waals surface area (Å²) in [7, 11) is 0. The number of hydrogen-bond donors (Lipinski definition) is 1. The highest BCUT2D eigenvalue weighted by atomic mass is 16.3. The highest BCUT2D eigenvalue weighted by molar-refractivity contribution is 5.98. The molecule has 0 bridgehead atoms. The van der Waals surface area contributed by atoms with Gasteiger partial charge in [0, 0.05) is 17.3 Å². The molecule has 1 amide bonds. The van der Waals surface area contributed by atoms with E-state index in [0.29, 0.717) is 12.2 Å². The minimum atomic E-state index is -0.00547. The molecule has 0 spiro atoms. The molecule has 2 aromatic rings. The lowest BCUT2D eigenvalue weighted by molar-refractivity contribution is -0.115. The summed E-state index contributed by atoms with van der Waals surface area (Å²) in [5.74, 6) is 1.43. The van der Waals surface area contributed by atoms with Crippen molar-refractivity contribution in [3.8, 4) is 11.3 Å². The first-order chi connectivity index (χ1) is 7.33. The molecule has 3 heterocycles. The molecule has 0 aromatic carbocycles. The van der Waals surface area contributed by atoms with Crippen LogP contribution in [0.5, 0.6) is 0 Å². The van der Waals surface area contributed by atoms with Gasteiger partial charge in [-0.05, 0) is 18.2 Å². The number of hydrogen-bond acceptors (Lipinski definition) is 3. The molecule has 0 unspecified atom stereocenters. The van der Waals surface area contributed by atoms with E-state index in [1.807, 2.05) is 18.2 Å². The first-order valence-electron chi connectivity index (χ1n) is 4.65. The van der Waals surface area contributed by atoms with Gasteiger partial charge in [-0.25, -0.2) is 4.98 Å². The van der Waals surface area contributed by atoms with Crippen LogP contribution in [-0.2, 0) is 11.2 Å². The first kappa shape index (κ1) is 8.23. The fraction of sp³-hybridized carbons (Fsp3) is 0.0909. The van der Waals surface area contributed by atoms with Crippen LogP contribution in [0, 0.1) is 0 Å². The fourth-order valence-electron chi connectivity index (χ4n) is 1.68. The summed E-state index contributed by atoms with van der Waals surface area (Å²) in [5.41, 5.74) is 1.82. The van der Waals surface area contributed by atoms with Gasteiger partial charge in [-0.15, -0.1) is 0 Å². The fourth-order valence-corrected chi connectivity index (χ4v) is 1.68. The van der Waals surface area contributed by atoms with E-state index in [4.69, 9.17) is 4.42 Å². The Labute approximate surface area is 85.9 Å². The summed E-state index contributed by atoms with van der Waals surface area (Å²) in [4.78, 5) is 15.3. The van der Waals surface area contributed by atoms with E-state index in [-0.39, 0.29) is 5.91 Å². The molecule has 74 valence electrons. The lowest BCUT2D eigenvalue weighted by Crippen LogP contribution is -2.04. The van der Waals surface area contributed by atoms with Crippen LogP contribution < -0.4 is 5.32 Å². The van der Waals surface area contributed by atoms with Crippen LogP contribution >= 0.6 is 0 Å². The summed E-state index contributed by atoms with van der Waals surface area (Å²) in [6, 6.07) is 5.62. The smallest absolute Gasteiger partial charge is 0.230 e. The number of nitrogens with one attached hydrogen (secondary N) is 1. The molecular formula is C11H8N2O2. The number of carbonyl (C=O) groups is 1. The second kappa shape index (κ2) is 2.95. The summed E-state index contributed by atoms with van der Waals surface area (Å²) in [6.45, 7) is 0. The van der Waals surface area contributed by atoms with E-state index in [1.54, 1.807) is 12.5 Å². The zero-order chi connectivity index (χ0) is 10.3. The quantitative estimate of drug-likeness (QED) is 0.764. The van der Waals surface area contributed by atoms with Gasteiger partial charge in [0.1, 0.15) is 11.6 Å². The molecule has 0 aliphatic carbocycles. The third-order valence-electron chi connectivity index (χ3n) is 2.38. The van der Waals surface area contributed by atoms with Crippen LogP contribution in [-0.4, -0.2) is 10.9 Å². The van der Waals surface area contributed by atoms with Crippen LogP contribution in [0.15, 0.2) is 35.1 Å². The van der Waals surface area contributed by atoms with Gasteiger partial charge in [0.15, 0.2) is 0 Å². The van der Waals surface area contributed by atoms with Crippen molar-refractivity contribution in [3.63, 3.8) is 0 Å². The summed E-state index contributed by atoms with van der Waals surface area (Å²) in [6.07, 6.45) is 3.71. The van der Waals surface area contributed by atoms with Crippen molar-refractivity contribution in [2.75, 3.05) is 5.32 Å². The van der Waals surface area contributed by atoms with E-state index in [9.17, 15) is 4.79 Å². The SMILES string of the molecule is O=C1Cc2cc(-c3ccco3)cnc2N1. The molecule has 4 nitrogen and oxygen atoms in total. The molecule has 4 heteroatoms. The maximum absolute atomic E-state index is 11.1. The van der Waals surface area contributed by atoms with Crippen molar-refractivity contribution >= 4 is 11.7 Å². The van der Waals surface area contributed by atoms with Crippen molar-refractivity contribution in [3.05, 3.63) is 36.2 Å². The van der Waals surface area contributed by atoms with E-state index in [2.05, 4.69) is 10.3 Å². The number of carbonyl (C=O) groups excluding carboxylic acids is 1. The molecule has 1 aliphatic heterocycles. The van der Waals surface area contributed by atoms with Gasteiger partial charge in [0.25, 0.3) is 0 Å². The Bertz CT molecular complexity index is 517. The summed E-state index contributed by atoms with van der Waals surface area (Å²) in [5, 5.41) is 2.69. The van der Waals surface area contributed by atoms with Crippen molar-refractivity contribution in [1.29, 1.82) is 0 Å². The topological polar surface area (TPSA) is 55.1 Å². The summed E-state index contributed by atoms with van der Waals surface area (Å²) < 4.78 is 5.26. The maximum atomic E-state index is 11.1. The Kier molecular flexibility index (Phi) is 1.62. The van der Waals surface area contributed by atoms with Gasteiger partial charge in [0.05, 0.1) is 12.7 Å². The van der Waals surface area contributed by atoms with Gasteiger partial charge in [0.2, 0.25) is 5.91 Å². The van der Waals surface area contributed by atoms with Gasteiger partial charge in [-0.3, -0.25) is 4.79 Å². The van der Waals surface area contributed by atoms with Crippen LogP contribution in [0.1, 0.15) is 5.56 Å². The predicted octanol–water partition coefficient (Wildman–Crippen LogP) is 1.84. The molecule has 0 saturated carbocycles. The van der Waals surface area contributed by atoms with Gasteiger partial charge in [-0.2, -0.15) is 0 Å². The molecule has 0 atom stereocenters. The number of anilines is 1. The Balaban J connectivity index is 2.07. The third kappa shape index (κ3) is 1.30. The highest BCUT2D eigenvalue weighted by Crippen LogP contribution is 2.26. The lowest BCUT2D eigenvalue weighted by Gasteiger charge is -1.99. The molecule has 2 aromatic heterocycles. The number of aromatic nitrogens is 1. The second-order valence-corrected chi connectivity index (χ2v) is 3.43. The van der Waals surface area contributed by atoms with Gasteiger partial charge >= 0.3 is 0 Å². The summed E-state index contributed by atoms with van der Waals surface area (Å²) >= 11 is 0. The average molecular weight is 200 g/mol. The van der Waals surface area contributed by atoms with E-state index in [0.717, 1.165) is 16.9 Å². The van der Waals surface area contributed by atoms with Crippen LogP contribution in [0.2, 0.25) is 0 Å². The molecule has 0 saturated heterocycles. The van der Waals surface area contributed by atoms with Crippen molar-refractivity contribution in [2.24, 2.45) is 0 Å². The monoisotopic (exact) mass is 200 g/mol. The Hall–Kier alpha value is -2.10. The number of rotatable bonds is 1. The van der Waals surface area contributed by atoms with Crippen molar-refractivity contribution in [2.45, 2.75) is 6.42 Å². The molecule has 1 aliphatic rings. The molecule has 0 radical (unpaired) electrons. The standard InChI is InChI=1S/C11H8N2O2/c14-10-5-7-4-8(6-12-11(7)13-10)9-2-1-3-15-9/h1-4,6H,5H2,(H,12,13,14). The van der Waals surface area contributed by atoms with E-state index >= 15 is 0 Å². The van der Waals surface area contributed by atoms with Crippen LogP contribution in [0.25, 0.3) is 11.3 Å². The number of nitrogens with zero attached hydrogens (tertiary/aromatic N) is 1. The number of pyridine rings is 1. The minimum absolute atomic E-state index is 0.00547. The lowest BCUT2D eigenvalue weighted by atomic mass is 10.1. The molecule has 1 N–H and O–H groups in total. The first-order valence-corrected chi connectivity index (χ1v) is 4.65. The number of fused-ring (bicyclic) bond motifs is 1. The van der Waals surface area contributed by atoms with Crippen LogP contribution in [0.4, 0.5) is 5.82 Å². The zero-order valence-electron chi connectivity index (χ0n) is 7.86. The second-order valence-electron chi connectivity index (χ2n) is 3.43. The molecule has 0 fully saturated rings. The van der Waals surface area contributed by atoms with Gasteiger partial charge < -0.3 is 9.73 Å². The van der Waals surface area contributed by atoms with Crippen molar-refractivity contribution < 1.29 is 9.21 Å². The Morgan fingerprint density at radius 2 is 2.40 bits per heavy atom. The largest absolute Gasteiger partial charge is 0.464 e. The number of amides is 1. The highest BCUT2D eigenvalue weighted by Gasteiger charge is 2.19. The predicted molar refractivity (Wildman–Crippen MR) is 54.3 cm³/mol. The number of furan rings is 1. The van der Waals surface area contributed by atoms with Crippen LogP contribution in [0.3, 0.4) is 0 Å². The molecular weight excluding hydrogens is 192 g/mol. The third-order valence-corrected chi connectivity index (χ3v) is 2.38. The van der Waals surface area contributed by atoms with Gasteiger partial charge in [-0.1, -0.05) is 0 Å². The van der Waals surface area contributed by atoms with E-state index in [1.165, 1.54) is 0 Å². The van der Waals surface area contributed by atoms with E-state index < -0.39 is 0 Å². The zero-order valence-corrected chi connectivity index (χ0v) is 7.86. The average Bonchev–Trinajstić information content (AvgIpc) is 2.82. The maximum Gasteiger partial charge on any atom is 0.230 e. The Morgan fingerprint density at radius 3 is 3.20 bits per heavy atom. The normalized spacial score (nSPS) is 13.7. The Morgan fingerprint density at radius 1 is 1.47 bits per heavy atom. The minimum Gasteiger partial charge on any atom is -0.464 e.